The molecule has 1 fully saturated rings. The minimum Gasteiger partial charge on any atom is -0.328 e. The Morgan fingerprint density at radius 3 is 2.86 bits per heavy atom. The monoisotopic (exact) mass is 323 g/mol. The predicted molar refractivity (Wildman–Crippen MR) is 92.6 cm³/mol. The van der Waals surface area contributed by atoms with Crippen molar-refractivity contribution in [1.29, 1.82) is 0 Å². The number of rotatable bonds is 3. The summed E-state index contributed by atoms with van der Waals surface area (Å²) < 4.78 is 0. The van der Waals surface area contributed by atoms with E-state index in [0.717, 1.165) is 44.6 Å². The third-order valence-electron chi connectivity index (χ3n) is 4.82. The van der Waals surface area contributed by atoms with Crippen molar-refractivity contribution in [3.05, 3.63) is 29.8 Å². The number of carbonyl (C=O) groups excluding carboxylic acids is 1. The van der Waals surface area contributed by atoms with E-state index in [4.69, 9.17) is 5.73 Å². The van der Waals surface area contributed by atoms with E-state index < -0.39 is 0 Å². The first-order chi connectivity index (χ1) is 10.1. The molecule has 2 aliphatic rings. The van der Waals surface area contributed by atoms with Gasteiger partial charge in [0.15, 0.2) is 0 Å². The zero-order valence-corrected chi connectivity index (χ0v) is 14.0. The lowest BCUT2D eigenvalue weighted by atomic mass is 10.0. The van der Waals surface area contributed by atoms with E-state index in [1.54, 1.807) is 0 Å². The van der Waals surface area contributed by atoms with Crippen LogP contribution in [-0.2, 0) is 11.2 Å². The number of benzene rings is 1. The summed E-state index contributed by atoms with van der Waals surface area (Å²) in [6, 6.07) is 8.51. The van der Waals surface area contributed by atoms with Crippen LogP contribution in [0.1, 0.15) is 25.3 Å². The maximum Gasteiger partial charge on any atom is 0.241 e. The lowest BCUT2D eigenvalue weighted by molar-refractivity contribution is -0.119. The Morgan fingerprint density at radius 1 is 1.36 bits per heavy atom. The molecule has 2 N–H and O–H groups in total. The summed E-state index contributed by atoms with van der Waals surface area (Å²) in [7, 11) is 0. The second-order valence-electron chi connectivity index (χ2n) is 6.42. The highest BCUT2D eigenvalue weighted by Gasteiger charge is 2.29. The molecule has 1 aromatic carbocycles. The number of carbonyl (C=O) groups is 1. The van der Waals surface area contributed by atoms with Gasteiger partial charge in [-0.1, -0.05) is 18.2 Å². The van der Waals surface area contributed by atoms with Gasteiger partial charge in [0.25, 0.3) is 0 Å². The quantitative estimate of drug-likeness (QED) is 0.926. The Balaban J connectivity index is 0.00000176. The Hall–Kier alpha value is -1.10. The molecule has 122 valence electrons. The van der Waals surface area contributed by atoms with E-state index in [9.17, 15) is 4.79 Å². The van der Waals surface area contributed by atoms with Gasteiger partial charge in [0.2, 0.25) is 5.91 Å². The maximum absolute atomic E-state index is 12.6. The Labute approximate surface area is 139 Å². The van der Waals surface area contributed by atoms with Crippen LogP contribution in [0.2, 0.25) is 0 Å². The Bertz CT molecular complexity index is 520. The predicted octanol–water partition coefficient (Wildman–Crippen LogP) is 2.06. The zero-order chi connectivity index (χ0) is 14.8. The molecule has 0 spiro atoms. The van der Waals surface area contributed by atoms with Gasteiger partial charge >= 0.3 is 0 Å². The molecule has 1 aromatic rings. The van der Waals surface area contributed by atoms with E-state index in [1.165, 1.54) is 5.56 Å². The Kier molecular flexibility index (Phi) is 5.84. The first kappa shape index (κ1) is 17.3. The van der Waals surface area contributed by atoms with E-state index in [0.29, 0.717) is 12.5 Å². The first-order valence-corrected chi connectivity index (χ1v) is 8.01. The number of nitrogens with zero attached hydrogens (tertiary/aromatic N) is 2. The van der Waals surface area contributed by atoms with Gasteiger partial charge in [-0.2, -0.15) is 0 Å². The Morgan fingerprint density at radius 2 is 2.14 bits per heavy atom. The van der Waals surface area contributed by atoms with Crippen LogP contribution in [0.15, 0.2) is 24.3 Å². The highest BCUT2D eigenvalue weighted by Crippen LogP contribution is 2.27. The molecule has 3 rings (SSSR count). The molecule has 4 nitrogen and oxygen atoms in total. The topological polar surface area (TPSA) is 49.6 Å². The normalized spacial score (nSPS) is 22.8. The average molecular weight is 324 g/mol. The molecule has 1 amide bonds. The fourth-order valence-electron chi connectivity index (χ4n) is 3.50. The smallest absolute Gasteiger partial charge is 0.241 e. The van der Waals surface area contributed by atoms with Gasteiger partial charge in [0.05, 0.1) is 6.54 Å². The van der Waals surface area contributed by atoms with Crippen LogP contribution < -0.4 is 10.6 Å². The average Bonchev–Trinajstić information content (AvgIpc) is 2.95. The number of fused-ring (bicyclic) bond motifs is 1. The van der Waals surface area contributed by atoms with Crippen molar-refractivity contribution in [1.82, 2.24) is 4.90 Å². The molecule has 0 aliphatic carbocycles. The molecular weight excluding hydrogens is 298 g/mol. The summed E-state index contributed by atoms with van der Waals surface area (Å²) in [6.07, 6.45) is 3.25. The summed E-state index contributed by atoms with van der Waals surface area (Å²) in [5, 5.41) is 0. The van der Waals surface area contributed by atoms with Gasteiger partial charge in [-0.3, -0.25) is 9.69 Å². The van der Waals surface area contributed by atoms with E-state index in [-0.39, 0.29) is 24.4 Å². The van der Waals surface area contributed by atoms with Crippen LogP contribution >= 0.6 is 12.4 Å². The number of aryl methyl sites for hydroxylation is 1. The van der Waals surface area contributed by atoms with Gasteiger partial charge in [0.1, 0.15) is 0 Å². The van der Waals surface area contributed by atoms with Crippen molar-refractivity contribution < 1.29 is 4.79 Å². The molecule has 0 aromatic heterocycles. The van der Waals surface area contributed by atoms with Crippen LogP contribution in [0.4, 0.5) is 5.69 Å². The van der Waals surface area contributed by atoms with Crippen molar-refractivity contribution in [2.24, 2.45) is 11.7 Å². The minimum absolute atomic E-state index is 0. The third kappa shape index (κ3) is 3.62. The van der Waals surface area contributed by atoms with Gasteiger partial charge < -0.3 is 10.6 Å². The highest BCUT2D eigenvalue weighted by molar-refractivity contribution is 5.96. The summed E-state index contributed by atoms with van der Waals surface area (Å²) in [5.41, 5.74) is 8.38. The molecule has 2 heterocycles. The van der Waals surface area contributed by atoms with Crippen LogP contribution in [-0.4, -0.2) is 43.0 Å². The first-order valence-electron chi connectivity index (χ1n) is 8.01. The number of hydrogen-bond acceptors (Lipinski definition) is 3. The van der Waals surface area contributed by atoms with E-state index in [1.807, 2.05) is 11.0 Å². The molecule has 2 aliphatic heterocycles. The standard InChI is InChI=1S/C17H25N3O.ClH/c1-13(18)15-8-10-19(11-15)12-17(21)20-9-4-6-14-5-2-3-7-16(14)20;/h2-3,5,7,13,15H,4,6,8-12,18H2,1H3;1H. The van der Waals surface area contributed by atoms with Gasteiger partial charge in [-0.25, -0.2) is 0 Å². The van der Waals surface area contributed by atoms with Crippen molar-refractivity contribution in [3.63, 3.8) is 0 Å². The van der Waals surface area contributed by atoms with Gasteiger partial charge in [-0.15, -0.1) is 12.4 Å². The van der Waals surface area contributed by atoms with E-state index >= 15 is 0 Å². The molecule has 2 atom stereocenters. The minimum atomic E-state index is 0. The van der Waals surface area contributed by atoms with Gasteiger partial charge in [-0.05, 0) is 50.3 Å². The van der Waals surface area contributed by atoms with Crippen molar-refractivity contribution in [3.8, 4) is 0 Å². The SMILES string of the molecule is CC(N)C1CCN(CC(=O)N2CCCc3ccccc32)C1.Cl. The summed E-state index contributed by atoms with van der Waals surface area (Å²) in [6.45, 7) is 5.39. The van der Waals surface area contributed by atoms with Crippen LogP contribution in [0.5, 0.6) is 0 Å². The molecule has 0 saturated carbocycles. The molecule has 2 unspecified atom stereocenters. The number of amides is 1. The number of nitrogens with two attached hydrogens (primary N) is 1. The molecule has 0 radical (unpaired) electrons. The van der Waals surface area contributed by atoms with Crippen LogP contribution in [0, 0.1) is 5.92 Å². The van der Waals surface area contributed by atoms with Crippen molar-refractivity contribution in [2.75, 3.05) is 31.1 Å². The lowest BCUT2D eigenvalue weighted by Crippen LogP contribution is -2.42. The maximum atomic E-state index is 12.6. The molecule has 0 bridgehead atoms. The number of hydrogen-bond donors (Lipinski definition) is 1. The third-order valence-corrected chi connectivity index (χ3v) is 4.82. The fraction of sp³-hybridized carbons (Fsp3) is 0.588. The van der Waals surface area contributed by atoms with Gasteiger partial charge in [0, 0.05) is 24.8 Å². The second-order valence-corrected chi connectivity index (χ2v) is 6.42. The fourth-order valence-corrected chi connectivity index (χ4v) is 3.50. The van der Waals surface area contributed by atoms with Crippen molar-refractivity contribution >= 4 is 24.0 Å². The zero-order valence-electron chi connectivity index (χ0n) is 13.2. The van der Waals surface area contributed by atoms with Crippen LogP contribution in [0.25, 0.3) is 0 Å². The number of anilines is 1. The number of likely N-dealkylation sites (tertiary alicyclic amines) is 1. The molecule has 1 saturated heterocycles. The second kappa shape index (κ2) is 7.44. The molecule has 22 heavy (non-hydrogen) atoms. The molecular formula is C17H26ClN3O. The largest absolute Gasteiger partial charge is 0.328 e. The summed E-state index contributed by atoms with van der Waals surface area (Å²) in [4.78, 5) is 16.9. The van der Waals surface area contributed by atoms with E-state index in [2.05, 4.69) is 30.0 Å². The lowest BCUT2D eigenvalue weighted by Gasteiger charge is -2.31. The van der Waals surface area contributed by atoms with Crippen molar-refractivity contribution in [2.45, 2.75) is 32.2 Å². The molecule has 5 heteroatoms. The number of para-hydroxylation sites is 1. The number of halogens is 1. The summed E-state index contributed by atoms with van der Waals surface area (Å²) >= 11 is 0. The van der Waals surface area contributed by atoms with Crippen LogP contribution in [0.3, 0.4) is 0 Å². The highest BCUT2D eigenvalue weighted by atomic mass is 35.5. The summed E-state index contributed by atoms with van der Waals surface area (Å²) in [5.74, 6) is 0.763.